The Morgan fingerprint density at radius 2 is 2.05 bits per heavy atom. The van der Waals surface area contributed by atoms with E-state index in [0.717, 1.165) is 12.5 Å². The van der Waals surface area contributed by atoms with Crippen LogP contribution in [0.5, 0.6) is 0 Å². The molecule has 0 unspecified atom stereocenters. The summed E-state index contributed by atoms with van der Waals surface area (Å²) in [6.07, 6.45) is 3.39. The molecule has 0 heterocycles. The van der Waals surface area contributed by atoms with Crippen LogP contribution in [0, 0.1) is 0 Å². The van der Waals surface area contributed by atoms with E-state index in [1.165, 1.54) is 6.08 Å². The Hall–Kier alpha value is -2.30. The third-order valence-corrected chi connectivity index (χ3v) is 3.63. The highest BCUT2D eigenvalue weighted by Crippen LogP contribution is 2.19. The first kappa shape index (κ1) is 16.8. The minimum Gasteiger partial charge on any atom is -0.478 e. The molecule has 0 aliphatic carbocycles. The lowest BCUT2D eigenvalue weighted by molar-refractivity contribution is -0.131. The summed E-state index contributed by atoms with van der Waals surface area (Å²) in [7, 11) is 1.76. The fraction of sp³-hybridized carbons (Fsp3) is 0.375. The zero-order valence-electron chi connectivity index (χ0n) is 12.9. The molecular weight excluding hydrogens is 268 g/mol. The Balaban J connectivity index is 2.82. The molecule has 0 fully saturated rings. The maximum Gasteiger partial charge on any atom is 0.328 e. The molecule has 0 aliphatic heterocycles. The van der Waals surface area contributed by atoms with E-state index in [4.69, 9.17) is 5.11 Å². The number of carbonyl (C=O) groups is 2. The zero-order chi connectivity index (χ0) is 16.0. The average Bonchev–Trinajstić information content (AvgIpc) is 2.44. The number of nitrogens with one attached hydrogen (secondary N) is 1. The number of aliphatic carboxylic acids is 1. The van der Waals surface area contributed by atoms with Gasteiger partial charge in [-0.2, -0.15) is 0 Å². The number of hydrogen-bond donors (Lipinski definition) is 2. The highest BCUT2D eigenvalue weighted by molar-refractivity contribution is 5.90. The van der Waals surface area contributed by atoms with Crippen molar-refractivity contribution in [2.45, 2.75) is 32.7 Å². The molecule has 21 heavy (non-hydrogen) atoms. The minimum absolute atomic E-state index is 0.193. The molecule has 2 amide bonds. The van der Waals surface area contributed by atoms with Crippen molar-refractivity contribution in [3.8, 4) is 0 Å². The van der Waals surface area contributed by atoms with E-state index in [2.05, 4.69) is 5.32 Å². The van der Waals surface area contributed by atoms with Gasteiger partial charge in [0.2, 0.25) is 0 Å². The quantitative estimate of drug-likeness (QED) is 0.816. The molecule has 0 bridgehead atoms. The van der Waals surface area contributed by atoms with Crippen molar-refractivity contribution in [2.24, 2.45) is 0 Å². The van der Waals surface area contributed by atoms with E-state index in [9.17, 15) is 9.59 Å². The molecule has 1 rings (SSSR count). The summed E-state index contributed by atoms with van der Waals surface area (Å²) in [6.45, 7) is 6.03. The van der Waals surface area contributed by atoms with Crippen LogP contribution in [0.1, 0.15) is 32.8 Å². The number of benzene rings is 1. The van der Waals surface area contributed by atoms with Gasteiger partial charge in [-0.25, -0.2) is 9.59 Å². The van der Waals surface area contributed by atoms with Gasteiger partial charge in [0.15, 0.2) is 0 Å². The van der Waals surface area contributed by atoms with E-state index in [-0.39, 0.29) is 11.6 Å². The minimum atomic E-state index is -1.01. The second-order valence-electron chi connectivity index (χ2n) is 5.45. The van der Waals surface area contributed by atoms with Gasteiger partial charge in [0.05, 0.1) is 0 Å². The molecule has 2 N–H and O–H groups in total. The van der Waals surface area contributed by atoms with Crippen LogP contribution >= 0.6 is 0 Å². The average molecular weight is 290 g/mol. The molecule has 1 aromatic rings. The van der Waals surface area contributed by atoms with Gasteiger partial charge in [-0.1, -0.05) is 19.1 Å². The monoisotopic (exact) mass is 290 g/mol. The number of hydrogen-bond acceptors (Lipinski definition) is 2. The van der Waals surface area contributed by atoms with Crippen molar-refractivity contribution >= 4 is 23.8 Å². The van der Waals surface area contributed by atoms with Crippen molar-refractivity contribution < 1.29 is 14.7 Å². The summed E-state index contributed by atoms with van der Waals surface area (Å²) in [5.41, 5.74) is 1.11. The molecule has 0 aliphatic rings. The summed E-state index contributed by atoms with van der Waals surface area (Å²) < 4.78 is 0. The molecule has 0 aromatic heterocycles. The van der Waals surface area contributed by atoms with E-state index in [1.54, 1.807) is 36.2 Å². The van der Waals surface area contributed by atoms with Crippen molar-refractivity contribution in [2.75, 3.05) is 12.4 Å². The molecule has 0 saturated carbocycles. The second-order valence-corrected chi connectivity index (χ2v) is 5.45. The summed E-state index contributed by atoms with van der Waals surface area (Å²) in [5, 5.41) is 11.4. The van der Waals surface area contributed by atoms with Crippen LogP contribution in [-0.2, 0) is 4.79 Å². The summed E-state index contributed by atoms with van der Waals surface area (Å²) in [5.74, 6) is -1.01. The Kier molecular flexibility index (Phi) is 5.52. The molecule has 114 valence electrons. The van der Waals surface area contributed by atoms with Gasteiger partial charge in [0.25, 0.3) is 0 Å². The van der Waals surface area contributed by atoms with Gasteiger partial charge in [0.1, 0.15) is 0 Å². The second kappa shape index (κ2) is 6.92. The Morgan fingerprint density at radius 3 is 2.62 bits per heavy atom. The number of rotatable bonds is 5. The summed E-state index contributed by atoms with van der Waals surface area (Å²) in [4.78, 5) is 24.4. The van der Waals surface area contributed by atoms with Gasteiger partial charge >= 0.3 is 12.0 Å². The largest absolute Gasteiger partial charge is 0.478 e. The molecule has 5 nitrogen and oxygen atoms in total. The highest BCUT2D eigenvalue weighted by Gasteiger charge is 2.25. The third-order valence-electron chi connectivity index (χ3n) is 3.63. The first-order valence-electron chi connectivity index (χ1n) is 6.82. The zero-order valence-corrected chi connectivity index (χ0v) is 12.9. The van der Waals surface area contributed by atoms with Gasteiger partial charge in [-0.15, -0.1) is 0 Å². The predicted molar refractivity (Wildman–Crippen MR) is 84.3 cm³/mol. The highest BCUT2D eigenvalue weighted by atomic mass is 16.4. The van der Waals surface area contributed by atoms with Crippen LogP contribution in [0.3, 0.4) is 0 Å². The van der Waals surface area contributed by atoms with Gasteiger partial charge in [0, 0.05) is 24.4 Å². The lowest BCUT2D eigenvalue weighted by Gasteiger charge is -2.34. The topological polar surface area (TPSA) is 69.6 Å². The number of carboxylic acids is 1. The van der Waals surface area contributed by atoms with Crippen molar-refractivity contribution in [1.29, 1.82) is 0 Å². The molecule has 5 heteroatoms. The molecule has 0 saturated heterocycles. The maximum absolute atomic E-state index is 12.2. The summed E-state index contributed by atoms with van der Waals surface area (Å²) >= 11 is 0. The number of anilines is 1. The number of urea groups is 1. The lowest BCUT2D eigenvalue weighted by atomic mass is 10.0. The Morgan fingerprint density at radius 1 is 1.38 bits per heavy atom. The number of carbonyl (C=O) groups excluding carboxylic acids is 1. The predicted octanol–water partition coefficient (Wildman–Crippen LogP) is 3.44. The summed E-state index contributed by atoms with van der Waals surface area (Å²) in [6, 6.07) is 6.84. The van der Waals surface area contributed by atoms with Crippen LogP contribution in [-0.4, -0.2) is 34.6 Å². The van der Waals surface area contributed by atoms with E-state index < -0.39 is 5.97 Å². The van der Waals surface area contributed by atoms with Crippen molar-refractivity contribution in [3.05, 3.63) is 35.9 Å². The van der Waals surface area contributed by atoms with Crippen LogP contribution in [0.15, 0.2) is 30.3 Å². The van der Waals surface area contributed by atoms with Crippen LogP contribution in [0.25, 0.3) is 6.08 Å². The van der Waals surface area contributed by atoms with Crippen molar-refractivity contribution in [3.63, 3.8) is 0 Å². The molecule has 0 spiro atoms. The lowest BCUT2D eigenvalue weighted by Crippen LogP contribution is -2.46. The number of carboxylic acid groups (broad SMARTS) is 1. The van der Waals surface area contributed by atoms with E-state index in [1.807, 2.05) is 20.8 Å². The number of amides is 2. The fourth-order valence-electron chi connectivity index (χ4n) is 1.61. The van der Waals surface area contributed by atoms with E-state index >= 15 is 0 Å². The van der Waals surface area contributed by atoms with Crippen LogP contribution in [0.2, 0.25) is 0 Å². The SMILES string of the molecule is CCC(C)(C)N(C)C(=O)Nc1cccc(/C=C/C(=O)O)c1. The van der Waals surface area contributed by atoms with Crippen LogP contribution < -0.4 is 5.32 Å². The van der Waals surface area contributed by atoms with Gasteiger partial charge in [-0.05, 0) is 44.0 Å². The number of nitrogens with zero attached hydrogens (tertiary/aromatic N) is 1. The van der Waals surface area contributed by atoms with Gasteiger partial charge in [-0.3, -0.25) is 0 Å². The Labute approximate surface area is 125 Å². The third kappa shape index (κ3) is 4.95. The first-order chi connectivity index (χ1) is 9.76. The van der Waals surface area contributed by atoms with Crippen molar-refractivity contribution in [1.82, 2.24) is 4.90 Å². The first-order valence-corrected chi connectivity index (χ1v) is 6.82. The van der Waals surface area contributed by atoms with Gasteiger partial charge < -0.3 is 15.3 Å². The maximum atomic E-state index is 12.2. The molecule has 1 aromatic carbocycles. The smallest absolute Gasteiger partial charge is 0.328 e. The molecular formula is C16H22N2O3. The molecule has 0 radical (unpaired) electrons. The van der Waals surface area contributed by atoms with E-state index in [0.29, 0.717) is 11.3 Å². The standard InChI is InChI=1S/C16H22N2O3/c1-5-16(2,3)18(4)15(21)17-13-8-6-7-12(11-13)9-10-14(19)20/h6-11H,5H2,1-4H3,(H,17,21)(H,19,20)/b10-9+. The normalized spacial score (nSPS) is 11.4. The molecule has 0 atom stereocenters. The fourth-order valence-corrected chi connectivity index (χ4v) is 1.61. The Bertz CT molecular complexity index is 550. The van der Waals surface area contributed by atoms with Crippen LogP contribution in [0.4, 0.5) is 10.5 Å².